The van der Waals surface area contributed by atoms with E-state index < -0.39 is 5.97 Å². The highest BCUT2D eigenvalue weighted by Gasteiger charge is 2.33. The largest absolute Gasteiger partial charge is 0.481 e. The van der Waals surface area contributed by atoms with Crippen molar-refractivity contribution in [2.75, 3.05) is 5.32 Å². The summed E-state index contributed by atoms with van der Waals surface area (Å²) in [5, 5.41) is 11.8. The van der Waals surface area contributed by atoms with Crippen molar-refractivity contribution in [2.45, 2.75) is 32.6 Å². The van der Waals surface area contributed by atoms with Crippen LogP contribution in [0, 0.1) is 11.8 Å². The van der Waals surface area contributed by atoms with Crippen molar-refractivity contribution >= 4 is 17.6 Å². The molecule has 1 aromatic rings. The first kappa shape index (κ1) is 13.6. The summed E-state index contributed by atoms with van der Waals surface area (Å²) in [5.74, 6) is -1.39. The Bertz CT molecular complexity index is 467. The van der Waals surface area contributed by atoms with E-state index in [4.69, 9.17) is 5.11 Å². The van der Waals surface area contributed by atoms with E-state index in [2.05, 4.69) is 12.2 Å². The molecule has 0 aromatic heterocycles. The quantitative estimate of drug-likeness (QED) is 0.875. The lowest BCUT2D eigenvalue weighted by molar-refractivity contribution is -0.141. The topological polar surface area (TPSA) is 66.4 Å². The molecule has 2 atom stereocenters. The first-order chi connectivity index (χ1) is 9.10. The summed E-state index contributed by atoms with van der Waals surface area (Å²) in [7, 11) is 0. The molecule has 0 spiro atoms. The fraction of sp³-hybridized carbons (Fsp3) is 0.467. The number of nitrogens with one attached hydrogen (secondary N) is 1. The summed E-state index contributed by atoms with van der Waals surface area (Å²) in [6.07, 6.45) is 2.68. The second-order valence-electron chi connectivity index (χ2n) is 5.08. The maximum atomic E-state index is 12.0. The molecule has 0 radical (unpaired) electrons. The molecule has 1 saturated carbocycles. The molecule has 1 fully saturated rings. The number of anilines is 1. The average Bonchev–Trinajstić information content (AvgIpc) is 2.89. The fourth-order valence-electron chi connectivity index (χ4n) is 2.51. The molecular formula is C15H19NO3. The summed E-state index contributed by atoms with van der Waals surface area (Å²) in [4.78, 5) is 22.9. The number of benzene rings is 1. The molecule has 2 unspecified atom stereocenters. The third-order valence-electron chi connectivity index (χ3n) is 3.78. The van der Waals surface area contributed by atoms with E-state index in [0.29, 0.717) is 19.3 Å². The van der Waals surface area contributed by atoms with Crippen LogP contribution in [0.4, 0.5) is 5.69 Å². The van der Waals surface area contributed by atoms with E-state index in [9.17, 15) is 9.59 Å². The summed E-state index contributed by atoms with van der Waals surface area (Å²) in [5.41, 5.74) is 2.01. The average molecular weight is 261 g/mol. The van der Waals surface area contributed by atoms with E-state index in [1.807, 2.05) is 24.3 Å². The van der Waals surface area contributed by atoms with Crippen molar-refractivity contribution in [1.82, 2.24) is 0 Å². The molecule has 0 bridgehead atoms. The molecular weight excluding hydrogens is 242 g/mol. The number of aliphatic carboxylic acids is 1. The fourth-order valence-corrected chi connectivity index (χ4v) is 2.51. The van der Waals surface area contributed by atoms with Crippen LogP contribution in [0.1, 0.15) is 31.7 Å². The van der Waals surface area contributed by atoms with Crippen LogP contribution in [0.25, 0.3) is 0 Å². The van der Waals surface area contributed by atoms with Gasteiger partial charge in [-0.15, -0.1) is 0 Å². The molecule has 0 saturated heterocycles. The Labute approximate surface area is 112 Å². The van der Waals surface area contributed by atoms with Crippen molar-refractivity contribution in [3.05, 3.63) is 29.8 Å². The predicted octanol–water partition coefficient (Wildman–Crippen LogP) is 2.69. The lowest BCUT2D eigenvalue weighted by atomic mass is 10.0. The summed E-state index contributed by atoms with van der Waals surface area (Å²) in [6.45, 7) is 2.08. The van der Waals surface area contributed by atoms with E-state index in [0.717, 1.165) is 12.1 Å². The molecule has 1 aliphatic carbocycles. The van der Waals surface area contributed by atoms with Gasteiger partial charge in [-0.1, -0.05) is 19.1 Å². The molecule has 4 heteroatoms. The number of carbonyl (C=O) groups excluding carboxylic acids is 1. The molecule has 19 heavy (non-hydrogen) atoms. The normalized spacial score (nSPS) is 22.2. The zero-order valence-electron chi connectivity index (χ0n) is 11.1. The second-order valence-corrected chi connectivity index (χ2v) is 5.08. The summed E-state index contributed by atoms with van der Waals surface area (Å²) in [6, 6.07) is 7.76. The highest BCUT2D eigenvalue weighted by Crippen LogP contribution is 2.31. The Morgan fingerprint density at radius 3 is 2.37 bits per heavy atom. The van der Waals surface area contributed by atoms with Gasteiger partial charge in [0.1, 0.15) is 0 Å². The van der Waals surface area contributed by atoms with Crippen LogP contribution in [0.15, 0.2) is 24.3 Å². The molecule has 0 aliphatic heterocycles. The van der Waals surface area contributed by atoms with Crippen molar-refractivity contribution in [3.63, 3.8) is 0 Å². The number of carboxylic acid groups (broad SMARTS) is 1. The van der Waals surface area contributed by atoms with Crippen LogP contribution in [0.3, 0.4) is 0 Å². The van der Waals surface area contributed by atoms with Gasteiger partial charge in [0, 0.05) is 11.6 Å². The van der Waals surface area contributed by atoms with Gasteiger partial charge >= 0.3 is 5.97 Å². The highest BCUT2D eigenvalue weighted by atomic mass is 16.4. The minimum Gasteiger partial charge on any atom is -0.481 e. The van der Waals surface area contributed by atoms with E-state index >= 15 is 0 Å². The lowest BCUT2D eigenvalue weighted by Crippen LogP contribution is -2.21. The van der Waals surface area contributed by atoms with Crippen LogP contribution in [0.2, 0.25) is 0 Å². The number of rotatable bonds is 4. The van der Waals surface area contributed by atoms with Crippen LogP contribution in [-0.2, 0) is 16.0 Å². The van der Waals surface area contributed by atoms with Gasteiger partial charge in [-0.05, 0) is 43.4 Å². The Hall–Kier alpha value is -1.84. The molecule has 1 aromatic carbocycles. The first-order valence-corrected chi connectivity index (χ1v) is 6.72. The minimum absolute atomic E-state index is 0.0620. The van der Waals surface area contributed by atoms with Crippen molar-refractivity contribution in [3.8, 4) is 0 Å². The van der Waals surface area contributed by atoms with Gasteiger partial charge < -0.3 is 10.4 Å². The van der Waals surface area contributed by atoms with Crippen LogP contribution in [-0.4, -0.2) is 17.0 Å². The summed E-state index contributed by atoms with van der Waals surface area (Å²) < 4.78 is 0. The Morgan fingerprint density at radius 2 is 1.84 bits per heavy atom. The van der Waals surface area contributed by atoms with Gasteiger partial charge in [-0.2, -0.15) is 0 Å². The molecule has 2 rings (SSSR count). The number of carbonyl (C=O) groups is 2. The predicted molar refractivity (Wildman–Crippen MR) is 72.9 cm³/mol. The van der Waals surface area contributed by atoms with Crippen molar-refractivity contribution in [2.24, 2.45) is 11.8 Å². The number of hydrogen-bond acceptors (Lipinski definition) is 2. The Kier molecular flexibility index (Phi) is 4.20. The summed E-state index contributed by atoms with van der Waals surface area (Å²) >= 11 is 0. The standard InChI is InChI=1S/C15H19NO3/c1-2-10-3-7-13(8-4-10)16-14(17)11-5-6-12(9-11)15(18)19/h3-4,7-8,11-12H,2,5-6,9H2,1H3,(H,16,17)(H,18,19). The van der Waals surface area contributed by atoms with Crippen molar-refractivity contribution in [1.29, 1.82) is 0 Å². The van der Waals surface area contributed by atoms with E-state index in [1.165, 1.54) is 5.56 Å². The number of hydrogen-bond donors (Lipinski definition) is 2. The van der Waals surface area contributed by atoms with Crippen molar-refractivity contribution < 1.29 is 14.7 Å². The molecule has 0 heterocycles. The zero-order valence-corrected chi connectivity index (χ0v) is 11.1. The van der Waals surface area contributed by atoms with Gasteiger partial charge in [-0.25, -0.2) is 0 Å². The Morgan fingerprint density at radius 1 is 1.21 bits per heavy atom. The maximum Gasteiger partial charge on any atom is 0.306 e. The van der Waals surface area contributed by atoms with Gasteiger partial charge in [0.15, 0.2) is 0 Å². The number of amides is 1. The first-order valence-electron chi connectivity index (χ1n) is 6.72. The van der Waals surface area contributed by atoms with Gasteiger partial charge in [0.05, 0.1) is 5.92 Å². The number of aryl methyl sites for hydroxylation is 1. The number of carboxylic acids is 1. The monoisotopic (exact) mass is 261 g/mol. The third kappa shape index (κ3) is 3.34. The lowest BCUT2D eigenvalue weighted by Gasteiger charge is -2.11. The van der Waals surface area contributed by atoms with Gasteiger partial charge in [0.2, 0.25) is 5.91 Å². The van der Waals surface area contributed by atoms with Crippen LogP contribution in [0.5, 0.6) is 0 Å². The Balaban J connectivity index is 1.92. The van der Waals surface area contributed by atoms with E-state index in [-0.39, 0.29) is 17.7 Å². The molecule has 102 valence electrons. The molecule has 1 aliphatic rings. The van der Waals surface area contributed by atoms with Gasteiger partial charge in [-0.3, -0.25) is 9.59 Å². The maximum absolute atomic E-state index is 12.0. The molecule has 4 nitrogen and oxygen atoms in total. The zero-order chi connectivity index (χ0) is 13.8. The minimum atomic E-state index is -0.789. The van der Waals surface area contributed by atoms with Crippen LogP contribution >= 0.6 is 0 Å². The van der Waals surface area contributed by atoms with E-state index in [1.54, 1.807) is 0 Å². The van der Waals surface area contributed by atoms with Crippen LogP contribution < -0.4 is 5.32 Å². The van der Waals surface area contributed by atoms with Gasteiger partial charge in [0.25, 0.3) is 0 Å². The SMILES string of the molecule is CCc1ccc(NC(=O)C2CCC(C(=O)O)C2)cc1. The third-order valence-corrected chi connectivity index (χ3v) is 3.78. The molecule has 2 N–H and O–H groups in total. The highest BCUT2D eigenvalue weighted by molar-refractivity contribution is 5.93. The second kappa shape index (κ2) is 5.87. The smallest absolute Gasteiger partial charge is 0.306 e. The molecule has 1 amide bonds.